The van der Waals surface area contributed by atoms with Gasteiger partial charge in [0.05, 0.1) is 23.7 Å². The Labute approximate surface area is 293 Å². The molecule has 0 aliphatic carbocycles. The van der Waals surface area contributed by atoms with Crippen molar-refractivity contribution in [1.82, 2.24) is 5.32 Å². The van der Waals surface area contributed by atoms with E-state index in [-0.39, 0.29) is 22.7 Å². The summed E-state index contributed by atoms with van der Waals surface area (Å²) in [5, 5.41) is 15.6. The molecule has 1 atom stereocenters. The Kier molecular flexibility index (Phi) is 10.5. The van der Waals surface area contributed by atoms with Crippen molar-refractivity contribution < 1.29 is 29.0 Å². The zero-order chi connectivity index (χ0) is 34.9. The summed E-state index contributed by atoms with van der Waals surface area (Å²) in [6.07, 6.45) is -0.377. The highest BCUT2D eigenvalue weighted by atomic mass is 35.5. The number of carboxylic acid groups (broad SMARTS) is 1. The van der Waals surface area contributed by atoms with Crippen molar-refractivity contribution in [3.8, 4) is 34.1 Å². The van der Waals surface area contributed by atoms with Gasteiger partial charge in [-0.2, -0.15) is 0 Å². The second kappa shape index (κ2) is 15.7. The van der Waals surface area contributed by atoms with E-state index in [1.807, 2.05) is 97.1 Å². The van der Waals surface area contributed by atoms with E-state index in [1.54, 1.807) is 42.5 Å². The number of aliphatic carboxylic acids is 1. The van der Waals surface area contributed by atoms with E-state index in [0.29, 0.717) is 34.1 Å². The van der Waals surface area contributed by atoms with Crippen molar-refractivity contribution in [2.45, 2.75) is 12.5 Å². The highest BCUT2D eigenvalue weighted by molar-refractivity contribution is 6.31. The Balaban J connectivity index is 1.18. The molecular formula is C41H31ClN2O6. The molecule has 0 aliphatic rings. The number of nitrogens with one attached hydrogen (secondary N) is 2. The van der Waals surface area contributed by atoms with Crippen LogP contribution in [0.2, 0.25) is 5.02 Å². The van der Waals surface area contributed by atoms with Crippen LogP contribution in [0, 0.1) is 0 Å². The Morgan fingerprint density at radius 1 is 0.640 bits per heavy atom. The molecule has 0 saturated heterocycles. The molecule has 8 nitrogen and oxygen atoms in total. The van der Waals surface area contributed by atoms with E-state index < -0.39 is 23.8 Å². The van der Waals surface area contributed by atoms with Crippen LogP contribution < -0.4 is 20.1 Å². The van der Waals surface area contributed by atoms with Crippen LogP contribution >= 0.6 is 11.6 Å². The maximum absolute atomic E-state index is 13.7. The van der Waals surface area contributed by atoms with Gasteiger partial charge in [-0.15, -0.1) is 0 Å². The first-order valence-electron chi connectivity index (χ1n) is 15.7. The van der Waals surface area contributed by atoms with Crippen molar-refractivity contribution in [2.75, 3.05) is 5.32 Å². The molecule has 9 heteroatoms. The Hall–Kier alpha value is -6.38. The van der Waals surface area contributed by atoms with Crippen LogP contribution in [0.3, 0.4) is 0 Å². The zero-order valence-corrected chi connectivity index (χ0v) is 27.3. The first-order chi connectivity index (χ1) is 24.3. The van der Waals surface area contributed by atoms with Gasteiger partial charge in [0.1, 0.15) is 23.0 Å². The zero-order valence-electron chi connectivity index (χ0n) is 26.6. The molecule has 0 spiro atoms. The minimum Gasteiger partial charge on any atom is -0.481 e. The molecule has 0 aliphatic heterocycles. The number of amides is 2. The maximum Gasteiger partial charge on any atom is 0.305 e. The normalized spacial score (nSPS) is 11.2. The molecule has 0 aromatic heterocycles. The first-order valence-corrected chi connectivity index (χ1v) is 16.1. The average molecular weight is 683 g/mol. The summed E-state index contributed by atoms with van der Waals surface area (Å²) in [5.74, 6) is 0.421. The van der Waals surface area contributed by atoms with Crippen LogP contribution in [-0.2, 0) is 4.79 Å². The first kappa shape index (κ1) is 33.5. The topological polar surface area (TPSA) is 114 Å². The van der Waals surface area contributed by atoms with Gasteiger partial charge < -0.3 is 25.2 Å². The SMILES string of the molecule is O=C(O)CC(NC(=O)c1cc(Cl)ccc1NC(=O)c1ccc(Oc2ccccc2)cc1)c1ccc(-c2ccccc2Oc2ccccc2)cc1. The molecule has 0 radical (unpaired) electrons. The largest absolute Gasteiger partial charge is 0.481 e. The lowest BCUT2D eigenvalue weighted by molar-refractivity contribution is -0.137. The van der Waals surface area contributed by atoms with Crippen LogP contribution in [-0.4, -0.2) is 22.9 Å². The van der Waals surface area contributed by atoms with Crippen molar-refractivity contribution in [1.29, 1.82) is 0 Å². The third kappa shape index (κ3) is 8.55. The van der Waals surface area contributed by atoms with E-state index in [4.69, 9.17) is 21.1 Å². The summed E-state index contributed by atoms with van der Waals surface area (Å²) in [4.78, 5) is 38.8. The number of hydrogen-bond acceptors (Lipinski definition) is 5. The van der Waals surface area contributed by atoms with Gasteiger partial charge in [0.15, 0.2) is 0 Å². The fraction of sp³-hybridized carbons (Fsp3) is 0.0488. The lowest BCUT2D eigenvalue weighted by Gasteiger charge is -2.20. The summed E-state index contributed by atoms with van der Waals surface area (Å²) in [5.41, 5.74) is 2.90. The molecule has 0 bridgehead atoms. The lowest BCUT2D eigenvalue weighted by atomic mass is 9.98. The number of rotatable bonds is 12. The molecular weight excluding hydrogens is 652 g/mol. The molecule has 6 aromatic rings. The van der Waals surface area contributed by atoms with Gasteiger partial charge in [0, 0.05) is 16.1 Å². The summed E-state index contributed by atoms with van der Waals surface area (Å²) < 4.78 is 11.9. The van der Waals surface area contributed by atoms with Gasteiger partial charge in [-0.3, -0.25) is 14.4 Å². The minimum absolute atomic E-state index is 0.0777. The predicted octanol–water partition coefficient (Wildman–Crippen LogP) is 9.79. The number of hydrogen-bond donors (Lipinski definition) is 3. The summed E-state index contributed by atoms with van der Waals surface area (Å²) in [6.45, 7) is 0. The van der Waals surface area contributed by atoms with E-state index in [2.05, 4.69) is 10.6 Å². The molecule has 0 saturated carbocycles. The summed E-state index contributed by atoms with van der Waals surface area (Å²) in [6, 6.07) is 43.8. The fourth-order valence-electron chi connectivity index (χ4n) is 5.27. The van der Waals surface area contributed by atoms with Crippen LogP contribution in [0.1, 0.15) is 38.7 Å². The van der Waals surface area contributed by atoms with E-state index in [9.17, 15) is 19.5 Å². The molecule has 0 heterocycles. The number of anilines is 1. The van der Waals surface area contributed by atoms with Gasteiger partial charge >= 0.3 is 5.97 Å². The van der Waals surface area contributed by atoms with Gasteiger partial charge in [0.2, 0.25) is 0 Å². The van der Waals surface area contributed by atoms with Gasteiger partial charge in [0.25, 0.3) is 11.8 Å². The summed E-state index contributed by atoms with van der Waals surface area (Å²) >= 11 is 6.26. The number of para-hydroxylation sites is 3. The number of halogens is 1. The molecule has 1 unspecified atom stereocenters. The van der Waals surface area contributed by atoms with Gasteiger partial charge in [-0.25, -0.2) is 0 Å². The predicted molar refractivity (Wildman–Crippen MR) is 193 cm³/mol. The van der Waals surface area contributed by atoms with Crippen LogP contribution in [0.25, 0.3) is 11.1 Å². The molecule has 0 fully saturated rings. The molecule has 50 heavy (non-hydrogen) atoms. The standard InChI is InChI=1S/C41H31ClN2O6/c42-30-21-24-36(43-40(47)29-19-22-33(23-20-29)49-31-9-3-1-4-10-31)35(25-30)41(48)44-37(26-39(45)46)28-17-15-27(16-18-28)34-13-7-8-14-38(34)50-32-11-5-2-6-12-32/h1-25,37H,26H2,(H,43,47)(H,44,48)(H,45,46). The fourth-order valence-corrected chi connectivity index (χ4v) is 5.45. The van der Waals surface area contributed by atoms with E-state index in [1.165, 1.54) is 12.1 Å². The van der Waals surface area contributed by atoms with Crippen molar-refractivity contribution >= 4 is 35.1 Å². The van der Waals surface area contributed by atoms with Gasteiger partial charge in [-0.1, -0.05) is 90.5 Å². The third-order valence-corrected chi connectivity index (χ3v) is 7.97. The Morgan fingerprint density at radius 2 is 1.24 bits per heavy atom. The highest BCUT2D eigenvalue weighted by Crippen LogP contribution is 2.34. The monoisotopic (exact) mass is 682 g/mol. The third-order valence-electron chi connectivity index (χ3n) is 7.74. The Morgan fingerprint density at radius 3 is 1.90 bits per heavy atom. The van der Waals surface area contributed by atoms with Crippen LogP contribution in [0.4, 0.5) is 5.69 Å². The maximum atomic E-state index is 13.7. The van der Waals surface area contributed by atoms with E-state index >= 15 is 0 Å². The van der Waals surface area contributed by atoms with Gasteiger partial charge in [-0.05, 0) is 83.9 Å². The molecule has 6 rings (SSSR count). The quantitative estimate of drug-likeness (QED) is 0.118. The average Bonchev–Trinajstić information content (AvgIpc) is 3.13. The molecule has 6 aromatic carbocycles. The number of carbonyl (C=O) groups excluding carboxylic acids is 2. The lowest BCUT2D eigenvalue weighted by Crippen LogP contribution is -2.31. The van der Waals surface area contributed by atoms with Crippen LogP contribution in [0.5, 0.6) is 23.0 Å². The molecule has 3 N–H and O–H groups in total. The van der Waals surface area contributed by atoms with E-state index in [0.717, 1.165) is 11.1 Å². The molecule has 2 amide bonds. The number of ether oxygens (including phenoxy) is 2. The minimum atomic E-state index is -1.10. The summed E-state index contributed by atoms with van der Waals surface area (Å²) in [7, 11) is 0. The number of carboxylic acids is 1. The highest BCUT2D eigenvalue weighted by Gasteiger charge is 2.22. The van der Waals surface area contributed by atoms with Crippen molar-refractivity contribution in [2.24, 2.45) is 0 Å². The second-order valence-corrected chi connectivity index (χ2v) is 11.7. The van der Waals surface area contributed by atoms with Crippen molar-refractivity contribution in [3.63, 3.8) is 0 Å². The second-order valence-electron chi connectivity index (χ2n) is 11.2. The molecule has 248 valence electrons. The van der Waals surface area contributed by atoms with Crippen LogP contribution in [0.15, 0.2) is 152 Å². The number of benzene rings is 6. The van der Waals surface area contributed by atoms with Crippen molar-refractivity contribution in [3.05, 3.63) is 173 Å². The Bertz CT molecular complexity index is 2100. The smallest absolute Gasteiger partial charge is 0.305 e. The number of carbonyl (C=O) groups is 3.